The lowest BCUT2D eigenvalue weighted by Crippen LogP contribution is -2.15. The fourth-order valence-electron chi connectivity index (χ4n) is 2.17. The van der Waals surface area contributed by atoms with Crippen LogP contribution in [0.2, 0.25) is 0 Å². The topological polar surface area (TPSA) is 81.4 Å². The van der Waals surface area contributed by atoms with Gasteiger partial charge < -0.3 is 14.5 Å². The van der Waals surface area contributed by atoms with Crippen molar-refractivity contribution in [3.05, 3.63) is 48.1 Å². The van der Waals surface area contributed by atoms with E-state index in [2.05, 4.69) is 20.3 Å². The molecule has 8 heteroatoms. The molecule has 0 aliphatic rings. The van der Waals surface area contributed by atoms with E-state index in [0.29, 0.717) is 18.0 Å². The van der Waals surface area contributed by atoms with Gasteiger partial charge in [0, 0.05) is 24.7 Å². The second kappa shape index (κ2) is 5.99. The van der Waals surface area contributed by atoms with E-state index in [1.165, 1.54) is 23.0 Å². The maximum absolute atomic E-state index is 14.0. The van der Waals surface area contributed by atoms with Crippen molar-refractivity contribution in [1.82, 2.24) is 19.4 Å². The van der Waals surface area contributed by atoms with Crippen molar-refractivity contribution in [3.8, 4) is 5.88 Å². The molecule has 23 heavy (non-hydrogen) atoms. The van der Waals surface area contributed by atoms with Gasteiger partial charge in [0.2, 0.25) is 5.88 Å². The lowest BCUT2D eigenvalue weighted by molar-refractivity contribution is 0.102. The maximum Gasteiger partial charge on any atom is 0.262 e. The number of hydrogen-bond donors (Lipinski definition) is 1. The standard InChI is InChI=1S/C15H14FN5O2/c1-3-23-15-11(5-17-8-18-15)14(22)20-10-4-12(16)13-19-9(2)6-21(13)7-10/h4-8H,3H2,1-2H3,(H,20,22). The number of nitrogens with zero attached hydrogens (tertiary/aromatic N) is 4. The fourth-order valence-corrected chi connectivity index (χ4v) is 2.17. The molecule has 0 aliphatic heterocycles. The molecule has 0 fully saturated rings. The van der Waals surface area contributed by atoms with Crippen LogP contribution in [0.25, 0.3) is 5.65 Å². The summed E-state index contributed by atoms with van der Waals surface area (Å²) in [7, 11) is 0. The molecular weight excluding hydrogens is 301 g/mol. The largest absolute Gasteiger partial charge is 0.477 e. The zero-order chi connectivity index (χ0) is 16.4. The molecule has 3 heterocycles. The number of nitrogens with one attached hydrogen (secondary N) is 1. The van der Waals surface area contributed by atoms with Crippen molar-refractivity contribution in [2.45, 2.75) is 13.8 Å². The third-order valence-electron chi connectivity index (χ3n) is 3.09. The maximum atomic E-state index is 14.0. The van der Waals surface area contributed by atoms with Gasteiger partial charge in [-0.15, -0.1) is 0 Å². The van der Waals surface area contributed by atoms with Crippen molar-refractivity contribution < 1.29 is 13.9 Å². The van der Waals surface area contributed by atoms with Gasteiger partial charge in [0.15, 0.2) is 11.5 Å². The number of ether oxygens (including phenoxy) is 1. The first-order valence-corrected chi connectivity index (χ1v) is 6.97. The van der Waals surface area contributed by atoms with Crippen molar-refractivity contribution in [2.75, 3.05) is 11.9 Å². The Labute approximate surface area is 131 Å². The van der Waals surface area contributed by atoms with E-state index >= 15 is 0 Å². The Morgan fingerprint density at radius 2 is 2.26 bits per heavy atom. The summed E-state index contributed by atoms with van der Waals surface area (Å²) in [5.74, 6) is -0.824. The Morgan fingerprint density at radius 3 is 3.04 bits per heavy atom. The molecule has 0 bridgehead atoms. The Hall–Kier alpha value is -3.03. The highest BCUT2D eigenvalue weighted by molar-refractivity contribution is 6.05. The van der Waals surface area contributed by atoms with E-state index in [1.807, 2.05) is 0 Å². The number of rotatable bonds is 4. The van der Waals surface area contributed by atoms with E-state index in [0.717, 1.165) is 0 Å². The van der Waals surface area contributed by atoms with Crippen LogP contribution in [0.15, 0.2) is 31.0 Å². The first kappa shape index (κ1) is 14.9. The molecule has 0 saturated heterocycles. The molecule has 0 atom stereocenters. The molecule has 0 aromatic carbocycles. The lowest BCUT2D eigenvalue weighted by atomic mass is 10.3. The molecular formula is C15H14FN5O2. The zero-order valence-corrected chi connectivity index (χ0v) is 12.6. The molecule has 0 spiro atoms. The second-order valence-electron chi connectivity index (χ2n) is 4.82. The Bertz CT molecular complexity index is 877. The summed E-state index contributed by atoms with van der Waals surface area (Å²) in [4.78, 5) is 24.1. The number of hydrogen-bond acceptors (Lipinski definition) is 5. The van der Waals surface area contributed by atoms with Gasteiger partial charge >= 0.3 is 0 Å². The SMILES string of the molecule is CCOc1ncncc1C(=O)Nc1cc(F)c2nc(C)cn2c1. The molecule has 1 N–H and O–H groups in total. The number of carbonyl (C=O) groups is 1. The second-order valence-corrected chi connectivity index (χ2v) is 4.82. The van der Waals surface area contributed by atoms with Crippen LogP contribution >= 0.6 is 0 Å². The molecule has 0 aliphatic carbocycles. The van der Waals surface area contributed by atoms with E-state index in [-0.39, 0.29) is 17.1 Å². The van der Waals surface area contributed by atoms with Crippen LogP contribution in [0.1, 0.15) is 23.0 Å². The highest BCUT2D eigenvalue weighted by Gasteiger charge is 2.15. The van der Waals surface area contributed by atoms with Gasteiger partial charge in [-0.05, 0) is 13.8 Å². The van der Waals surface area contributed by atoms with Gasteiger partial charge in [-0.3, -0.25) is 4.79 Å². The number of imidazole rings is 1. The molecule has 3 aromatic heterocycles. The lowest BCUT2D eigenvalue weighted by Gasteiger charge is -2.09. The molecule has 3 rings (SSSR count). The Kier molecular flexibility index (Phi) is 3.88. The van der Waals surface area contributed by atoms with Crippen LogP contribution in [0.3, 0.4) is 0 Å². The summed E-state index contributed by atoms with van der Waals surface area (Å²) < 4.78 is 20.8. The van der Waals surface area contributed by atoms with Gasteiger partial charge in [-0.2, -0.15) is 0 Å². The number of amides is 1. The summed E-state index contributed by atoms with van der Waals surface area (Å²) >= 11 is 0. The first-order valence-electron chi connectivity index (χ1n) is 6.97. The highest BCUT2D eigenvalue weighted by Crippen LogP contribution is 2.19. The minimum atomic E-state index is -0.523. The van der Waals surface area contributed by atoms with Crippen LogP contribution in [0.5, 0.6) is 5.88 Å². The first-order chi connectivity index (χ1) is 11.1. The van der Waals surface area contributed by atoms with E-state index < -0.39 is 11.7 Å². The number of carbonyl (C=O) groups excluding carboxylic acids is 1. The van der Waals surface area contributed by atoms with Crippen LogP contribution in [0, 0.1) is 12.7 Å². The molecule has 0 radical (unpaired) electrons. The third kappa shape index (κ3) is 2.96. The minimum Gasteiger partial charge on any atom is -0.477 e. The van der Waals surface area contributed by atoms with Crippen LogP contribution in [0.4, 0.5) is 10.1 Å². The highest BCUT2D eigenvalue weighted by atomic mass is 19.1. The number of aryl methyl sites for hydroxylation is 1. The fraction of sp³-hybridized carbons (Fsp3) is 0.200. The van der Waals surface area contributed by atoms with Crippen molar-refractivity contribution in [2.24, 2.45) is 0 Å². The van der Waals surface area contributed by atoms with Gasteiger partial charge in [0.1, 0.15) is 11.9 Å². The van der Waals surface area contributed by atoms with Crippen molar-refractivity contribution in [3.63, 3.8) is 0 Å². The van der Waals surface area contributed by atoms with Crippen LogP contribution in [-0.4, -0.2) is 31.9 Å². The average molecular weight is 315 g/mol. The summed E-state index contributed by atoms with van der Waals surface area (Å²) in [6, 6.07) is 1.21. The van der Waals surface area contributed by atoms with Gasteiger partial charge in [0.25, 0.3) is 5.91 Å². The normalized spacial score (nSPS) is 10.7. The van der Waals surface area contributed by atoms with Crippen LogP contribution < -0.4 is 10.1 Å². The zero-order valence-electron chi connectivity index (χ0n) is 12.6. The Balaban J connectivity index is 1.91. The summed E-state index contributed by atoms with van der Waals surface area (Å²) in [5, 5.41) is 2.61. The Morgan fingerprint density at radius 1 is 1.43 bits per heavy atom. The minimum absolute atomic E-state index is 0.177. The average Bonchev–Trinajstić information content (AvgIpc) is 2.89. The monoisotopic (exact) mass is 315 g/mol. The summed E-state index contributed by atoms with van der Waals surface area (Å²) in [6.45, 7) is 3.92. The quantitative estimate of drug-likeness (QED) is 0.798. The summed E-state index contributed by atoms with van der Waals surface area (Å²) in [6.07, 6.45) is 5.90. The molecule has 1 amide bonds. The number of halogens is 1. The van der Waals surface area contributed by atoms with E-state index in [1.54, 1.807) is 26.2 Å². The predicted molar refractivity (Wildman–Crippen MR) is 81.0 cm³/mol. The third-order valence-corrected chi connectivity index (χ3v) is 3.09. The number of anilines is 1. The van der Waals surface area contributed by atoms with E-state index in [4.69, 9.17) is 4.74 Å². The van der Waals surface area contributed by atoms with E-state index in [9.17, 15) is 9.18 Å². The van der Waals surface area contributed by atoms with Gasteiger partial charge in [-0.25, -0.2) is 19.3 Å². The number of pyridine rings is 1. The van der Waals surface area contributed by atoms with Crippen molar-refractivity contribution >= 4 is 17.2 Å². The van der Waals surface area contributed by atoms with Crippen molar-refractivity contribution in [1.29, 1.82) is 0 Å². The molecule has 118 valence electrons. The van der Waals surface area contributed by atoms with Crippen LogP contribution in [-0.2, 0) is 0 Å². The van der Waals surface area contributed by atoms with Gasteiger partial charge in [0.05, 0.1) is 18.0 Å². The smallest absolute Gasteiger partial charge is 0.262 e. The predicted octanol–water partition coefficient (Wildman–Crippen LogP) is 2.22. The molecule has 0 saturated carbocycles. The number of fused-ring (bicyclic) bond motifs is 1. The van der Waals surface area contributed by atoms with Gasteiger partial charge in [-0.1, -0.05) is 0 Å². The molecule has 3 aromatic rings. The molecule has 0 unspecified atom stereocenters. The molecule has 7 nitrogen and oxygen atoms in total. The summed E-state index contributed by atoms with van der Waals surface area (Å²) in [5.41, 5.74) is 1.36. The number of aromatic nitrogens is 4.